The zero-order valence-corrected chi connectivity index (χ0v) is 49.4. The third-order valence-corrected chi connectivity index (χ3v) is 15.0. The first-order valence-electron chi connectivity index (χ1n) is 32.8. The standard InChI is InChI=1S/C67H126O6/c1-4-7-10-13-16-19-21-23-25-27-29-30-31-32-33-34-35-36-37-39-40-42-44-46-48-51-54-57-60-66(69)72-63-64(62-71-65(68)59-56-53-50-18-15-12-9-6-3)73-67(70)61-58-55-52-49-47-45-43-41-38-28-26-24-22-20-17-14-11-8-5-2/h17,20,24,26,64H,4-16,18-19,21-23,25,27-63H2,1-3H3/b20-17-,26-24-. The van der Waals surface area contributed by atoms with E-state index in [1.165, 1.54) is 263 Å². The SMILES string of the molecule is CCCCC/C=C\C/C=C\CCCCCCCCCCCC(=O)OC(COC(=O)CCCCCCCCCC)COC(=O)CCCCCCCCCCCCCCCCCCCCCCCCCCCCCC. The summed E-state index contributed by atoms with van der Waals surface area (Å²) in [5.41, 5.74) is 0. The molecule has 0 aliphatic carbocycles. The molecule has 0 bridgehead atoms. The van der Waals surface area contributed by atoms with Crippen LogP contribution in [0.3, 0.4) is 0 Å². The van der Waals surface area contributed by atoms with Gasteiger partial charge in [-0.25, -0.2) is 0 Å². The van der Waals surface area contributed by atoms with E-state index in [2.05, 4.69) is 45.1 Å². The highest BCUT2D eigenvalue weighted by molar-refractivity contribution is 5.71. The molecule has 0 aromatic carbocycles. The lowest BCUT2D eigenvalue weighted by molar-refractivity contribution is -0.167. The van der Waals surface area contributed by atoms with Gasteiger partial charge in [-0.15, -0.1) is 0 Å². The number of esters is 3. The Morgan fingerprint density at radius 2 is 0.493 bits per heavy atom. The van der Waals surface area contributed by atoms with E-state index in [0.29, 0.717) is 19.3 Å². The predicted octanol–water partition coefficient (Wildman–Crippen LogP) is 22.2. The van der Waals surface area contributed by atoms with E-state index < -0.39 is 6.10 Å². The molecule has 0 radical (unpaired) electrons. The average molecular weight is 1030 g/mol. The first kappa shape index (κ1) is 70.9. The van der Waals surface area contributed by atoms with Gasteiger partial charge in [-0.1, -0.05) is 321 Å². The van der Waals surface area contributed by atoms with Crippen LogP contribution in [0.25, 0.3) is 0 Å². The normalized spacial score (nSPS) is 12.1. The van der Waals surface area contributed by atoms with E-state index in [4.69, 9.17) is 14.2 Å². The molecule has 0 N–H and O–H groups in total. The molecule has 0 saturated carbocycles. The summed E-state index contributed by atoms with van der Waals surface area (Å²) < 4.78 is 16.9. The van der Waals surface area contributed by atoms with E-state index in [1.807, 2.05) is 0 Å². The summed E-state index contributed by atoms with van der Waals surface area (Å²) in [6.07, 6.45) is 75.0. The zero-order valence-electron chi connectivity index (χ0n) is 49.4. The summed E-state index contributed by atoms with van der Waals surface area (Å²) >= 11 is 0. The molecule has 0 saturated heterocycles. The number of ether oxygens (including phenoxy) is 3. The van der Waals surface area contributed by atoms with Gasteiger partial charge in [-0.3, -0.25) is 14.4 Å². The van der Waals surface area contributed by atoms with Crippen molar-refractivity contribution in [2.24, 2.45) is 0 Å². The molecule has 73 heavy (non-hydrogen) atoms. The maximum Gasteiger partial charge on any atom is 0.306 e. The second-order valence-electron chi connectivity index (χ2n) is 22.4. The maximum atomic E-state index is 12.9. The number of hydrogen-bond donors (Lipinski definition) is 0. The van der Waals surface area contributed by atoms with Crippen molar-refractivity contribution in [2.75, 3.05) is 13.2 Å². The summed E-state index contributed by atoms with van der Waals surface area (Å²) in [6, 6.07) is 0. The third kappa shape index (κ3) is 60.6. The van der Waals surface area contributed by atoms with Crippen molar-refractivity contribution in [3.05, 3.63) is 24.3 Å². The largest absolute Gasteiger partial charge is 0.462 e. The molecule has 0 aromatic heterocycles. The monoisotopic (exact) mass is 1030 g/mol. The Hall–Kier alpha value is -2.11. The lowest BCUT2D eigenvalue weighted by atomic mass is 10.0. The Morgan fingerprint density at radius 3 is 0.781 bits per heavy atom. The Morgan fingerprint density at radius 1 is 0.274 bits per heavy atom. The molecule has 6 nitrogen and oxygen atoms in total. The smallest absolute Gasteiger partial charge is 0.306 e. The molecular weight excluding hydrogens is 901 g/mol. The highest BCUT2D eigenvalue weighted by Crippen LogP contribution is 2.18. The van der Waals surface area contributed by atoms with Gasteiger partial charge >= 0.3 is 17.9 Å². The second kappa shape index (κ2) is 62.4. The molecule has 0 heterocycles. The van der Waals surface area contributed by atoms with Crippen molar-refractivity contribution >= 4 is 17.9 Å². The van der Waals surface area contributed by atoms with Gasteiger partial charge in [0.05, 0.1) is 0 Å². The minimum Gasteiger partial charge on any atom is -0.462 e. The maximum absolute atomic E-state index is 12.9. The van der Waals surface area contributed by atoms with Crippen LogP contribution in [0.2, 0.25) is 0 Å². The quantitative estimate of drug-likeness (QED) is 0.0261. The van der Waals surface area contributed by atoms with Gasteiger partial charge in [0.25, 0.3) is 0 Å². The minimum absolute atomic E-state index is 0.0675. The van der Waals surface area contributed by atoms with Crippen molar-refractivity contribution in [1.29, 1.82) is 0 Å². The molecule has 0 spiro atoms. The lowest BCUT2D eigenvalue weighted by Crippen LogP contribution is -2.30. The summed E-state index contributed by atoms with van der Waals surface area (Å²) in [4.78, 5) is 38.1. The second-order valence-corrected chi connectivity index (χ2v) is 22.4. The van der Waals surface area contributed by atoms with E-state index >= 15 is 0 Å². The summed E-state index contributed by atoms with van der Waals surface area (Å²) in [7, 11) is 0. The van der Waals surface area contributed by atoms with Gasteiger partial charge in [-0.05, 0) is 51.4 Å². The highest BCUT2D eigenvalue weighted by Gasteiger charge is 2.19. The fourth-order valence-corrected chi connectivity index (χ4v) is 10.0. The van der Waals surface area contributed by atoms with E-state index in [0.717, 1.165) is 64.2 Å². The summed E-state index contributed by atoms with van der Waals surface area (Å²) in [5.74, 6) is -0.852. The van der Waals surface area contributed by atoms with Gasteiger partial charge in [0, 0.05) is 19.3 Å². The number of allylic oxidation sites excluding steroid dienone is 4. The molecule has 0 amide bonds. The summed E-state index contributed by atoms with van der Waals surface area (Å²) in [5, 5.41) is 0. The summed E-state index contributed by atoms with van der Waals surface area (Å²) in [6.45, 7) is 6.65. The van der Waals surface area contributed by atoms with Crippen molar-refractivity contribution < 1.29 is 28.6 Å². The molecule has 0 rings (SSSR count). The van der Waals surface area contributed by atoms with Crippen LogP contribution in [-0.4, -0.2) is 37.2 Å². The number of hydrogen-bond acceptors (Lipinski definition) is 6. The molecule has 0 aliphatic rings. The lowest BCUT2D eigenvalue weighted by Gasteiger charge is -2.18. The van der Waals surface area contributed by atoms with Crippen LogP contribution in [0.5, 0.6) is 0 Å². The van der Waals surface area contributed by atoms with Gasteiger partial charge in [0.1, 0.15) is 13.2 Å². The Labute approximate surface area is 455 Å². The Balaban J connectivity index is 4.06. The van der Waals surface area contributed by atoms with Crippen molar-refractivity contribution in [2.45, 2.75) is 374 Å². The third-order valence-electron chi connectivity index (χ3n) is 15.0. The number of unbranched alkanes of at least 4 members (excludes halogenated alkanes) is 46. The molecule has 0 fully saturated rings. The number of carbonyl (C=O) groups excluding carboxylic acids is 3. The Bertz CT molecular complexity index is 1180. The van der Waals surface area contributed by atoms with E-state index in [1.54, 1.807) is 0 Å². The fourth-order valence-electron chi connectivity index (χ4n) is 10.0. The first-order chi connectivity index (χ1) is 36.0. The molecule has 0 aromatic rings. The van der Waals surface area contributed by atoms with Crippen LogP contribution in [0.15, 0.2) is 24.3 Å². The molecule has 0 aliphatic heterocycles. The van der Waals surface area contributed by atoms with Gasteiger partial charge in [0.2, 0.25) is 0 Å². The highest BCUT2D eigenvalue weighted by atomic mass is 16.6. The number of carbonyl (C=O) groups is 3. The topological polar surface area (TPSA) is 78.9 Å². The number of rotatable bonds is 61. The molecular formula is C67H126O6. The van der Waals surface area contributed by atoms with E-state index in [-0.39, 0.29) is 31.1 Å². The first-order valence-corrected chi connectivity index (χ1v) is 32.8. The van der Waals surface area contributed by atoms with Crippen LogP contribution in [-0.2, 0) is 28.6 Å². The van der Waals surface area contributed by atoms with Gasteiger partial charge in [0.15, 0.2) is 6.10 Å². The predicted molar refractivity (Wildman–Crippen MR) is 316 cm³/mol. The van der Waals surface area contributed by atoms with Crippen LogP contribution in [0.4, 0.5) is 0 Å². The van der Waals surface area contributed by atoms with Crippen molar-refractivity contribution in [1.82, 2.24) is 0 Å². The molecule has 1 unspecified atom stereocenters. The van der Waals surface area contributed by atoms with Crippen LogP contribution < -0.4 is 0 Å². The molecule has 1 atom stereocenters. The van der Waals surface area contributed by atoms with Crippen molar-refractivity contribution in [3.63, 3.8) is 0 Å². The van der Waals surface area contributed by atoms with Gasteiger partial charge < -0.3 is 14.2 Å². The molecule has 430 valence electrons. The van der Waals surface area contributed by atoms with Gasteiger partial charge in [-0.2, -0.15) is 0 Å². The minimum atomic E-state index is -0.768. The van der Waals surface area contributed by atoms with Crippen LogP contribution in [0.1, 0.15) is 367 Å². The molecule has 6 heteroatoms. The Kier molecular flexibility index (Phi) is 60.6. The van der Waals surface area contributed by atoms with E-state index in [9.17, 15) is 14.4 Å². The van der Waals surface area contributed by atoms with Crippen LogP contribution in [0, 0.1) is 0 Å². The fraction of sp³-hybridized carbons (Fsp3) is 0.896. The zero-order chi connectivity index (χ0) is 52.9. The van der Waals surface area contributed by atoms with Crippen molar-refractivity contribution in [3.8, 4) is 0 Å². The average Bonchev–Trinajstić information content (AvgIpc) is 3.39. The van der Waals surface area contributed by atoms with Crippen LogP contribution >= 0.6 is 0 Å².